The molecular weight excluding hydrogens is 228 g/mol. The van der Waals surface area contributed by atoms with Crippen LogP contribution < -0.4 is 0 Å². The number of amides is 1. The molecule has 1 saturated heterocycles. The number of nitrogens with zero attached hydrogens (tertiary/aromatic N) is 2. The predicted octanol–water partition coefficient (Wildman–Crippen LogP) is 1.21. The molecule has 4 heteroatoms. The number of rotatable bonds is 5. The summed E-state index contributed by atoms with van der Waals surface area (Å²) in [6.07, 6.45) is 1.33. The van der Waals surface area contributed by atoms with E-state index in [1.165, 1.54) is 6.42 Å². The van der Waals surface area contributed by atoms with Gasteiger partial charge in [-0.1, -0.05) is 6.92 Å². The second-order valence-corrected chi connectivity index (χ2v) is 5.99. The molecule has 0 aromatic carbocycles. The van der Waals surface area contributed by atoms with Gasteiger partial charge in [0.2, 0.25) is 5.91 Å². The van der Waals surface area contributed by atoms with Gasteiger partial charge in [-0.2, -0.15) is 0 Å². The number of carbonyl (C=O) groups excluding carboxylic acids is 1. The minimum absolute atomic E-state index is 0.264. The summed E-state index contributed by atoms with van der Waals surface area (Å²) >= 11 is 0. The molecule has 1 amide bonds. The van der Waals surface area contributed by atoms with E-state index < -0.39 is 0 Å². The first-order chi connectivity index (χ1) is 8.58. The van der Waals surface area contributed by atoms with Crippen LogP contribution in [0.3, 0.4) is 0 Å². The maximum absolute atomic E-state index is 12.2. The summed E-state index contributed by atoms with van der Waals surface area (Å²) in [5.74, 6) is 1.93. The molecule has 0 bridgehead atoms. The molecule has 0 aromatic heterocycles. The third-order valence-electron chi connectivity index (χ3n) is 4.18. The van der Waals surface area contributed by atoms with Gasteiger partial charge in [0, 0.05) is 25.7 Å². The van der Waals surface area contributed by atoms with Crippen LogP contribution in [0.5, 0.6) is 0 Å². The van der Waals surface area contributed by atoms with Crippen molar-refractivity contribution in [1.29, 1.82) is 0 Å². The average Bonchev–Trinajstić information content (AvgIpc) is 3.05. The van der Waals surface area contributed by atoms with Crippen LogP contribution in [0.25, 0.3) is 0 Å². The standard InChI is InChI=1S/C14H26N2O2/c1-11(2)16(9-13-8-12(13)3)10-14(17)15-4-6-18-7-5-15/h11-13H,4-10H2,1-3H3/t12-,13-/m0/s1. The molecule has 4 nitrogen and oxygen atoms in total. The summed E-state index contributed by atoms with van der Waals surface area (Å²) in [4.78, 5) is 16.5. The lowest BCUT2D eigenvalue weighted by Crippen LogP contribution is -2.47. The zero-order chi connectivity index (χ0) is 13.1. The van der Waals surface area contributed by atoms with Crippen molar-refractivity contribution in [2.24, 2.45) is 11.8 Å². The fourth-order valence-electron chi connectivity index (χ4n) is 2.50. The van der Waals surface area contributed by atoms with Gasteiger partial charge in [-0.15, -0.1) is 0 Å². The summed E-state index contributed by atoms with van der Waals surface area (Å²) in [5.41, 5.74) is 0. The monoisotopic (exact) mass is 254 g/mol. The zero-order valence-electron chi connectivity index (χ0n) is 11.9. The van der Waals surface area contributed by atoms with Crippen molar-refractivity contribution >= 4 is 5.91 Å². The fraction of sp³-hybridized carbons (Fsp3) is 0.929. The molecule has 2 aliphatic rings. The highest BCUT2D eigenvalue weighted by Crippen LogP contribution is 2.38. The van der Waals surface area contributed by atoms with E-state index >= 15 is 0 Å². The summed E-state index contributed by atoms with van der Waals surface area (Å²) in [7, 11) is 0. The van der Waals surface area contributed by atoms with Crippen LogP contribution in [0.2, 0.25) is 0 Å². The minimum Gasteiger partial charge on any atom is -0.378 e. The van der Waals surface area contributed by atoms with Gasteiger partial charge in [0.25, 0.3) is 0 Å². The molecule has 2 atom stereocenters. The highest BCUT2D eigenvalue weighted by molar-refractivity contribution is 5.78. The number of hydrogen-bond acceptors (Lipinski definition) is 3. The molecule has 1 heterocycles. The molecule has 0 unspecified atom stereocenters. The van der Waals surface area contributed by atoms with Gasteiger partial charge in [0.05, 0.1) is 19.8 Å². The van der Waals surface area contributed by atoms with Crippen LogP contribution >= 0.6 is 0 Å². The van der Waals surface area contributed by atoms with E-state index in [0.717, 1.165) is 31.5 Å². The van der Waals surface area contributed by atoms with Gasteiger partial charge in [-0.3, -0.25) is 9.69 Å². The molecule has 104 valence electrons. The van der Waals surface area contributed by atoms with Crippen LogP contribution in [0.15, 0.2) is 0 Å². The van der Waals surface area contributed by atoms with Crippen molar-refractivity contribution in [2.75, 3.05) is 39.4 Å². The average molecular weight is 254 g/mol. The predicted molar refractivity (Wildman–Crippen MR) is 71.4 cm³/mol. The Bertz CT molecular complexity index is 288. The molecule has 0 aromatic rings. The largest absolute Gasteiger partial charge is 0.378 e. The lowest BCUT2D eigenvalue weighted by Gasteiger charge is -2.31. The van der Waals surface area contributed by atoms with Gasteiger partial charge in [0.15, 0.2) is 0 Å². The topological polar surface area (TPSA) is 32.8 Å². The van der Waals surface area contributed by atoms with E-state index in [1.54, 1.807) is 0 Å². The van der Waals surface area contributed by atoms with Crippen LogP contribution in [0.4, 0.5) is 0 Å². The molecule has 18 heavy (non-hydrogen) atoms. The van der Waals surface area contributed by atoms with Crippen molar-refractivity contribution in [1.82, 2.24) is 9.80 Å². The third-order valence-corrected chi connectivity index (χ3v) is 4.18. The van der Waals surface area contributed by atoms with Gasteiger partial charge in [-0.05, 0) is 32.1 Å². The third kappa shape index (κ3) is 3.69. The van der Waals surface area contributed by atoms with Crippen LogP contribution in [-0.4, -0.2) is 61.1 Å². The highest BCUT2D eigenvalue weighted by atomic mass is 16.5. The molecule has 0 spiro atoms. The van der Waals surface area contributed by atoms with Crippen molar-refractivity contribution in [3.05, 3.63) is 0 Å². The van der Waals surface area contributed by atoms with Crippen molar-refractivity contribution in [3.63, 3.8) is 0 Å². The van der Waals surface area contributed by atoms with Crippen LogP contribution in [0.1, 0.15) is 27.2 Å². The number of morpholine rings is 1. The summed E-state index contributed by atoms with van der Waals surface area (Å²) in [5, 5.41) is 0. The Hall–Kier alpha value is -0.610. The number of ether oxygens (including phenoxy) is 1. The SMILES string of the molecule is CC(C)N(CC(=O)N1CCOCC1)C[C@@H]1C[C@@H]1C. The molecule has 2 rings (SSSR count). The Morgan fingerprint density at radius 2 is 2.00 bits per heavy atom. The van der Waals surface area contributed by atoms with Crippen LogP contribution in [-0.2, 0) is 9.53 Å². The van der Waals surface area contributed by atoms with Gasteiger partial charge in [-0.25, -0.2) is 0 Å². The lowest BCUT2D eigenvalue weighted by molar-refractivity contribution is -0.137. The zero-order valence-corrected chi connectivity index (χ0v) is 11.9. The van der Waals surface area contributed by atoms with Gasteiger partial charge in [0.1, 0.15) is 0 Å². The Balaban J connectivity index is 1.81. The first-order valence-corrected chi connectivity index (χ1v) is 7.17. The molecule has 0 N–H and O–H groups in total. The summed E-state index contributed by atoms with van der Waals surface area (Å²) in [6, 6.07) is 0.447. The van der Waals surface area contributed by atoms with Gasteiger partial charge >= 0.3 is 0 Å². The fourth-order valence-corrected chi connectivity index (χ4v) is 2.50. The Morgan fingerprint density at radius 3 is 2.50 bits per heavy atom. The van der Waals surface area contributed by atoms with E-state index in [4.69, 9.17) is 4.74 Å². The van der Waals surface area contributed by atoms with Crippen molar-refractivity contribution in [2.45, 2.75) is 33.2 Å². The quantitative estimate of drug-likeness (QED) is 0.739. The second-order valence-electron chi connectivity index (χ2n) is 5.99. The summed E-state index contributed by atoms with van der Waals surface area (Å²) < 4.78 is 5.28. The Kier molecular flexibility index (Phi) is 4.62. The smallest absolute Gasteiger partial charge is 0.236 e. The molecule has 1 aliphatic heterocycles. The van der Waals surface area contributed by atoms with E-state index in [0.29, 0.717) is 25.8 Å². The Morgan fingerprint density at radius 1 is 1.39 bits per heavy atom. The van der Waals surface area contributed by atoms with Crippen molar-refractivity contribution < 1.29 is 9.53 Å². The van der Waals surface area contributed by atoms with Crippen LogP contribution in [0, 0.1) is 11.8 Å². The van der Waals surface area contributed by atoms with Gasteiger partial charge < -0.3 is 9.64 Å². The normalized spacial score (nSPS) is 27.9. The molecular formula is C14H26N2O2. The molecule has 1 saturated carbocycles. The maximum atomic E-state index is 12.2. The second kappa shape index (κ2) is 6.02. The number of carbonyl (C=O) groups is 1. The molecule has 1 aliphatic carbocycles. The van der Waals surface area contributed by atoms with E-state index in [1.807, 2.05) is 4.90 Å². The first kappa shape index (κ1) is 13.8. The van der Waals surface area contributed by atoms with E-state index in [-0.39, 0.29) is 5.91 Å². The first-order valence-electron chi connectivity index (χ1n) is 7.17. The lowest BCUT2D eigenvalue weighted by atomic mass is 10.2. The Labute approximate surface area is 110 Å². The van der Waals surface area contributed by atoms with E-state index in [9.17, 15) is 4.79 Å². The number of hydrogen-bond donors (Lipinski definition) is 0. The molecule has 2 fully saturated rings. The highest BCUT2D eigenvalue weighted by Gasteiger charge is 2.35. The molecule has 0 radical (unpaired) electrons. The minimum atomic E-state index is 0.264. The van der Waals surface area contributed by atoms with E-state index in [2.05, 4.69) is 25.7 Å². The summed E-state index contributed by atoms with van der Waals surface area (Å²) in [6.45, 7) is 11.2. The van der Waals surface area contributed by atoms with Crippen molar-refractivity contribution in [3.8, 4) is 0 Å². The maximum Gasteiger partial charge on any atom is 0.236 e.